The minimum Gasteiger partial charge on any atom is -0.356 e. The summed E-state index contributed by atoms with van der Waals surface area (Å²) in [4.78, 5) is 20.0. The lowest BCUT2D eigenvalue weighted by atomic mass is 10.0. The van der Waals surface area contributed by atoms with E-state index < -0.39 is 0 Å². The minimum absolute atomic E-state index is 0.191. The highest BCUT2D eigenvalue weighted by atomic mass is 79.9. The molecule has 0 aliphatic carbocycles. The van der Waals surface area contributed by atoms with Crippen molar-refractivity contribution in [2.45, 2.75) is 20.3 Å². The molecule has 2 aromatic heterocycles. The SMILES string of the molecule is Cc1[nH]c2c(F)ccc(C)c2c1CCNC(=O)c1nc2c(Br)cccc2s1. The maximum Gasteiger partial charge on any atom is 0.280 e. The number of nitrogens with zero attached hydrogens (tertiary/aromatic N) is 1. The predicted molar refractivity (Wildman–Crippen MR) is 111 cm³/mol. The van der Waals surface area contributed by atoms with E-state index in [9.17, 15) is 9.18 Å². The molecule has 4 rings (SSSR count). The average Bonchev–Trinajstić information content (AvgIpc) is 3.22. The molecule has 0 spiro atoms. The summed E-state index contributed by atoms with van der Waals surface area (Å²) >= 11 is 4.83. The number of carbonyl (C=O) groups excluding carboxylic acids is 1. The second-order valence-corrected chi connectivity index (χ2v) is 8.34. The van der Waals surface area contributed by atoms with E-state index in [-0.39, 0.29) is 11.7 Å². The van der Waals surface area contributed by atoms with Crippen LogP contribution in [0.25, 0.3) is 21.1 Å². The highest BCUT2D eigenvalue weighted by Gasteiger charge is 2.16. The molecule has 0 saturated carbocycles. The third-order valence-corrected chi connectivity index (χ3v) is 6.31. The Bertz CT molecular complexity index is 1180. The second kappa shape index (κ2) is 7.05. The lowest BCUT2D eigenvalue weighted by Gasteiger charge is -2.05. The predicted octanol–water partition coefficient (Wildman–Crippen LogP) is 5.27. The minimum atomic E-state index is -0.256. The molecule has 2 heterocycles. The van der Waals surface area contributed by atoms with Crippen LogP contribution in [0, 0.1) is 19.7 Å². The van der Waals surface area contributed by atoms with Gasteiger partial charge in [0.1, 0.15) is 5.82 Å². The van der Waals surface area contributed by atoms with Crippen LogP contribution in [0.2, 0.25) is 0 Å². The van der Waals surface area contributed by atoms with E-state index in [1.165, 1.54) is 17.4 Å². The lowest BCUT2D eigenvalue weighted by Crippen LogP contribution is -2.25. The Morgan fingerprint density at radius 3 is 2.89 bits per heavy atom. The highest BCUT2D eigenvalue weighted by molar-refractivity contribution is 9.10. The van der Waals surface area contributed by atoms with Crippen LogP contribution in [0.5, 0.6) is 0 Å². The van der Waals surface area contributed by atoms with Crippen LogP contribution >= 0.6 is 27.3 Å². The number of benzene rings is 2. The first-order chi connectivity index (χ1) is 13.0. The zero-order valence-electron chi connectivity index (χ0n) is 14.8. The number of aromatic nitrogens is 2. The maximum atomic E-state index is 14.1. The molecule has 0 atom stereocenters. The van der Waals surface area contributed by atoms with Crippen LogP contribution in [0.15, 0.2) is 34.8 Å². The summed E-state index contributed by atoms with van der Waals surface area (Å²) in [5.74, 6) is -0.447. The quantitative estimate of drug-likeness (QED) is 0.449. The Labute approximate surface area is 167 Å². The topological polar surface area (TPSA) is 57.8 Å². The normalized spacial score (nSPS) is 11.4. The van der Waals surface area contributed by atoms with Crippen molar-refractivity contribution >= 4 is 54.3 Å². The number of rotatable bonds is 4. The van der Waals surface area contributed by atoms with Gasteiger partial charge in [-0.3, -0.25) is 4.79 Å². The molecule has 7 heteroatoms. The van der Waals surface area contributed by atoms with Gasteiger partial charge < -0.3 is 10.3 Å². The van der Waals surface area contributed by atoms with Gasteiger partial charge in [-0.25, -0.2) is 9.37 Å². The third kappa shape index (κ3) is 3.26. The molecule has 0 radical (unpaired) electrons. The molecule has 0 saturated heterocycles. The molecular weight excluding hydrogens is 429 g/mol. The molecule has 0 fully saturated rings. The number of carbonyl (C=O) groups is 1. The van der Waals surface area contributed by atoms with Crippen molar-refractivity contribution in [2.24, 2.45) is 0 Å². The van der Waals surface area contributed by atoms with Crippen LogP contribution < -0.4 is 5.32 Å². The number of halogens is 2. The van der Waals surface area contributed by atoms with Crippen molar-refractivity contribution in [3.05, 3.63) is 62.5 Å². The molecule has 0 aliphatic rings. The molecule has 4 aromatic rings. The van der Waals surface area contributed by atoms with Crippen molar-refractivity contribution < 1.29 is 9.18 Å². The number of aryl methyl sites for hydroxylation is 2. The lowest BCUT2D eigenvalue weighted by molar-refractivity contribution is 0.0954. The summed E-state index contributed by atoms with van der Waals surface area (Å²) in [5.41, 5.74) is 4.31. The molecule has 138 valence electrons. The summed E-state index contributed by atoms with van der Waals surface area (Å²) in [6.45, 7) is 4.36. The number of amides is 1. The van der Waals surface area contributed by atoms with Crippen LogP contribution in [0.4, 0.5) is 4.39 Å². The van der Waals surface area contributed by atoms with E-state index in [2.05, 4.69) is 31.2 Å². The smallest absolute Gasteiger partial charge is 0.280 e. The zero-order chi connectivity index (χ0) is 19.1. The molecule has 4 nitrogen and oxygen atoms in total. The van der Waals surface area contributed by atoms with Crippen LogP contribution in [0.3, 0.4) is 0 Å². The zero-order valence-corrected chi connectivity index (χ0v) is 17.2. The monoisotopic (exact) mass is 445 g/mol. The number of hydrogen-bond donors (Lipinski definition) is 2. The van der Waals surface area contributed by atoms with Gasteiger partial charge in [-0.05, 0) is 65.5 Å². The molecule has 0 aliphatic heterocycles. The molecule has 0 bridgehead atoms. The Morgan fingerprint density at radius 1 is 1.30 bits per heavy atom. The number of hydrogen-bond acceptors (Lipinski definition) is 3. The Balaban J connectivity index is 1.52. The van der Waals surface area contributed by atoms with E-state index in [4.69, 9.17) is 0 Å². The number of thiazole rings is 1. The Hall–Kier alpha value is -2.25. The first-order valence-electron chi connectivity index (χ1n) is 8.55. The standard InChI is InChI=1S/C20H17BrFN3OS/c1-10-6-7-14(22)18-16(10)12(11(2)24-18)8-9-23-19(26)20-25-17-13(21)4-3-5-15(17)27-20/h3-7,24H,8-9H2,1-2H3,(H,23,26). The summed E-state index contributed by atoms with van der Waals surface area (Å²) in [6, 6.07) is 9.04. The van der Waals surface area contributed by atoms with E-state index in [1.54, 1.807) is 6.07 Å². The van der Waals surface area contributed by atoms with Gasteiger partial charge in [0.25, 0.3) is 5.91 Å². The molecule has 0 unspecified atom stereocenters. The second-order valence-electron chi connectivity index (χ2n) is 6.45. The molecule has 2 N–H and O–H groups in total. The summed E-state index contributed by atoms with van der Waals surface area (Å²) in [6.07, 6.45) is 0.621. The van der Waals surface area contributed by atoms with Gasteiger partial charge in [-0.1, -0.05) is 12.1 Å². The van der Waals surface area contributed by atoms with Gasteiger partial charge in [0.15, 0.2) is 5.01 Å². The van der Waals surface area contributed by atoms with Crippen molar-refractivity contribution in [2.75, 3.05) is 6.54 Å². The molecule has 1 amide bonds. The Kier molecular flexibility index (Phi) is 4.74. The van der Waals surface area contributed by atoms with Crippen LogP contribution in [0.1, 0.15) is 26.6 Å². The number of para-hydroxylation sites is 1. The maximum absolute atomic E-state index is 14.1. The fourth-order valence-corrected chi connectivity index (χ4v) is 4.84. The van der Waals surface area contributed by atoms with Crippen LogP contribution in [-0.4, -0.2) is 22.4 Å². The van der Waals surface area contributed by atoms with Crippen molar-refractivity contribution in [1.82, 2.24) is 15.3 Å². The number of nitrogens with one attached hydrogen (secondary N) is 2. The van der Waals surface area contributed by atoms with Crippen molar-refractivity contribution in [3.63, 3.8) is 0 Å². The first-order valence-corrected chi connectivity index (χ1v) is 10.2. The molecule has 2 aromatic carbocycles. The van der Waals surface area contributed by atoms with Gasteiger partial charge in [0, 0.05) is 22.1 Å². The van der Waals surface area contributed by atoms with E-state index in [0.29, 0.717) is 23.5 Å². The van der Waals surface area contributed by atoms with E-state index >= 15 is 0 Å². The van der Waals surface area contributed by atoms with Gasteiger partial charge >= 0.3 is 0 Å². The largest absolute Gasteiger partial charge is 0.356 e. The van der Waals surface area contributed by atoms with Gasteiger partial charge in [-0.15, -0.1) is 11.3 Å². The van der Waals surface area contributed by atoms with E-state index in [0.717, 1.165) is 36.9 Å². The van der Waals surface area contributed by atoms with Crippen LogP contribution in [-0.2, 0) is 6.42 Å². The molecular formula is C20H17BrFN3OS. The molecule has 27 heavy (non-hydrogen) atoms. The highest BCUT2D eigenvalue weighted by Crippen LogP contribution is 2.29. The fraction of sp³-hybridized carbons (Fsp3) is 0.200. The van der Waals surface area contributed by atoms with Crippen molar-refractivity contribution in [3.8, 4) is 0 Å². The number of fused-ring (bicyclic) bond motifs is 2. The fourth-order valence-electron chi connectivity index (χ4n) is 3.34. The van der Waals surface area contributed by atoms with Gasteiger partial charge in [-0.2, -0.15) is 0 Å². The average molecular weight is 446 g/mol. The summed E-state index contributed by atoms with van der Waals surface area (Å²) < 4.78 is 15.9. The Morgan fingerprint density at radius 2 is 2.11 bits per heavy atom. The number of H-pyrrole nitrogens is 1. The van der Waals surface area contributed by atoms with E-state index in [1.807, 2.05) is 32.0 Å². The first kappa shape index (κ1) is 18.1. The summed E-state index contributed by atoms with van der Waals surface area (Å²) in [5, 5.41) is 4.28. The number of aromatic amines is 1. The van der Waals surface area contributed by atoms with Crippen molar-refractivity contribution in [1.29, 1.82) is 0 Å². The third-order valence-electron chi connectivity index (χ3n) is 4.65. The van der Waals surface area contributed by atoms with Gasteiger partial charge in [0.2, 0.25) is 0 Å². The summed E-state index contributed by atoms with van der Waals surface area (Å²) in [7, 11) is 0. The van der Waals surface area contributed by atoms with Gasteiger partial charge in [0.05, 0.1) is 15.7 Å².